The molecule has 66 valence electrons. The zero-order valence-corrected chi connectivity index (χ0v) is 7.01. The predicted octanol–water partition coefficient (Wildman–Crippen LogP) is -0.0808. The number of halogens is 1. The molecule has 0 unspecified atom stereocenters. The highest BCUT2D eigenvalue weighted by molar-refractivity contribution is 7.85. The quantitative estimate of drug-likeness (QED) is 0.583. The van der Waals surface area contributed by atoms with Crippen molar-refractivity contribution in [1.29, 1.82) is 0 Å². The van der Waals surface area contributed by atoms with Gasteiger partial charge in [0, 0.05) is 23.8 Å². The lowest BCUT2D eigenvalue weighted by Gasteiger charge is -2.00. The number of hydrogen-bond acceptors (Lipinski definition) is 3. The molecule has 1 aromatic rings. The average Bonchev–Trinajstić information content (AvgIpc) is 1.92. The fourth-order valence-corrected chi connectivity index (χ4v) is 1.34. The van der Waals surface area contributed by atoms with Crippen LogP contribution >= 0.6 is 0 Å². The van der Waals surface area contributed by atoms with Crippen LogP contribution in [0.1, 0.15) is 5.69 Å². The summed E-state index contributed by atoms with van der Waals surface area (Å²) < 4.78 is 44.0. The van der Waals surface area contributed by atoms with Crippen molar-refractivity contribution in [2.75, 3.05) is 0 Å². The third-order valence-electron chi connectivity index (χ3n) is 1.34. The van der Waals surface area contributed by atoms with Crippen molar-refractivity contribution in [2.45, 2.75) is 11.9 Å². The Morgan fingerprint density at radius 2 is 2.08 bits per heavy atom. The monoisotopic (exact) mass is 191 g/mol. The number of pyridine rings is 1. The van der Waals surface area contributed by atoms with E-state index >= 15 is 0 Å². The van der Waals surface area contributed by atoms with Crippen molar-refractivity contribution < 1.29 is 22.2 Å². The SMILES string of the molecule is Cc1cccc(S(=O)(=O)[O-])[n+]1F. The maximum Gasteiger partial charge on any atom is 0.331 e. The first-order valence-corrected chi connectivity index (χ1v) is 4.47. The minimum Gasteiger partial charge on any atom is -0.739 e. The van der Waals surface area contributed by atoms with E-state index in [-0.39, 0.29) is 10.5 Å². The molecule has 12 heavy (non-hydrogen) atoms. The van der Waals surface area contributed by atoms with Crippen LogP contribution in [0, 0.1) is 6.92 Å². The molecule has 1 heterocycles. The van der Waals surface area contributed by atoms with E-state index in [0.29, 0.717) is 0 Å². The van der Waals surface area contributed by atoms with E-state index in [0.717, 1.165) is 6.07 Å². The molecular weight excluding hydrogens is 185 g/mol. The van der Waals surface area contributed by atoms with Crippen molar-refractivity contribution in [3.8, 4) is 0 Å². The molecule has 0 saturated carbocycles. The third-order valence-corrected chi connectivity index (χ3v) is 2.14. The van der Waals surface area contributed by atoms with Gasteiger partial charge in [-0.25, -0.2) is 8.42 Å². The van der Waals surface area contributed by atoms with Gasteiger partial charge in [0.2, 0.25) is 5.69 Å². The van der Waals surface area contributed by atoms with Gasteiger partial charge in [-0.2, -0.15) is 0 Å². The molecule has 0 aliphatic carbocycles. The molecule has 4 nitrogen and oxygen atoms in total. The molecular formula is C6H6FNO3S. The van der Waals surface area contributed by atoms with Crippen LogP contribution < -0.4 is 4.79 Å². The van der Waals surface area contributed by atoms with Crippen LogP contribution in [0.15, 0.2) is 23.2 Å². The summed E-state index contributed by atoms with van der Waals surface area (Å²) in [4.78, 5) is -0.150. The second-order valence-corrected chi connectivity index (χ2v) is 3.57. The number of aryl methyl sites for hydroxylation is 1. The van der Waals surface area contributed by atoms with Crippen molar-refractivity contribution in [2.24, 2.45) is 0 Å². The van der Waals surface area contributed by atoms with Gasteiger partial charge in [0.25, 0.3) is 0 Å². The van der Waals surface area contributed by atoms with Crippen LogP contribution in [0.4, 0.5) is 4.48 Å². The Hall–Kier alpha value is -1.01. The average molecular weight is 191 g/mol. The Kier molecular flexibility index (Phi) is 2.12. The first-order chi connectivity index (χ1) is 5.43. The van der Waals surface area contributed by atoms with E-state index < -0.39 is 15.1 Å². The summed E-state index contributed by atoms with van der Waals surface area (Å²) in [7, 11) is -4.72. The van der Waals surface area contributed by atoms with Gasteiger partial charge in [-0.05, 0) is 6.07 Å². The van der Waals surface area contributed by atoms with Crippen LogP contribution in [0.2, 0.25) is 0 Å². The minimum atomic E-state index is -4.72. The van der Waals surface area contributed by atoms with E-state index in [1.165, 1.54) is 19.1 Å². The van der Waals surface area contributed by atoms with E-state index in [2.05, 4.69) is 0 Å². The summed E-state index contributed by atoms with van der Waals surface area (Å²) >= 11 is 0. The molecule has 0 amide bonds. The fourth-order valence-electron chi connectivity index (χ4n) is 0.756. The number of hydrogen-bond donors (Lipinski definition) is 0. The molecule has 0 aliphatic heterocycles. The molecule has 0 aliphatic rings. The van der Waals surface area contributed by atoms with Crippen molar-refractivity contribution >= 4 is 10.1 Å². The molecule has 1 rings (SSSR count). The Bertz CT molecular complexity index is 401. The molecule has 0 aromatic carbocycles. The molecule has 0 N–H and O–H groups in total. The van der Waals surface area contributed by atoms with Crippen molar-refractivity contribution in [3.63, 3.8) is 0 Å². The van der Waals surface area contributed by atoms with Crippen molar-refractivity contribution in [3.05, 3.63) is 23.9 Å². The van der Waals surface area contributed by atoms with Crippen molar-refractivity contribution in [1.82, 2.24) is 0 Å². The van der Waals surface area contributed by atoms with Gasteiger partial charge in [0.05, 0.1) is 4.48 Å². The molecule has 6 heteroatoms. The number of nitrogens with zero attached hydrogens (tertiary/aromatic N) is 1. The standard InChI is InChI=1S/C6H6FNO3S/c1-5-3-2-4-6(8(5)7)12(9,10)11/h2-4H,1H3. The smallest absolute Gasteiger partial charge is 0.331 e. The normalized spacial score (nSPS) is 11.6. The van der Waals surface area contributed by atoms with Crippen LogP contribution in [0.3, 0.4) is 0 Å². The number of aromatic nitrogens is 1. The summed E-state index contributed by atoms with van der Waals surface area (Å²) in [6, 6.07) is 3.57. The van der Waals surface area contributed by atoms with Crippen LogP contribution in [0.5, 0.6) is 0 Å². The summed E-state index contributed by atoms with van der Waals surface area (Å²) in [6.45, 7) is 1.36. The zero-order chi connectivity index (χ0) is 9.35. The highest BCUT2D eigenvalue weighted by atomic mass is 32.2. The molecule has 0 spiro atoms. The van der Waals surface area contributed by atoms with Gasteiger partial charge in [0.1, 0.15) is 0 Å². The highest BCUT2D eigenvalue weighted by Crippen LogP contribution is 2.02. The van der Waals surface area contributed by atoms with E-state index in [1.54, 1.807) is 0 Å². The molecule has 0 atom stereocenters. The fraction of sp³-hybridized carbons (Fsp3) is 0.167. The van der Waals surface area contributed by atoms with Gasteiger partial charge in [-0.3, -0.25) is 0 Å². The Labute approximate surface area is 69.0 Å². The molecule has 0 fully saturated rings. The topological polar surface area (TPSA) is 61.1 Å². The summed E-state index contributed by atoms with van der Waals surface area (Å²) in [5.41, 5.74) is 0.0620. The Morgan fingerprint density at radius 1 is 1.50 bits per heavy atom. The molecule has 0 saturated heterocycles. The Balaban J connectivity index is 3.47. The van der Waals surface area contributed by atoms with Gasteiger partial charge >= 0.3 is 5.03 Å². The summed E-state index contributed by atoms with van der Waals surface area (Å²) in [5, 5.41) is -0.873. The van der Waals surface area contributed by atoms with Gasteiger partial charge < -0.3 is 4.55 Å². The second-order valence-electron chi connectivity index (χ2n) is 2.24. The maximum absolute atomic E-state index is 12.8. The molecule has 0 bridgehead atoms. The van der Waals surface area contributed by atoms with Crippen LogP contribution in [-0.2, 0) is 10.1 Å². The Morgan fingerprint density at radius 3 is 2.50 bits per heavy atom. The van der Waals surface area contributed by atoms with E-state index in [9.17, 15) is 17.5 Å². The summed E-state index contributed by atoms with van der Waals surface area (Å²) in [5.74, 6) is 0. The first-order valence-electron chi connectivity index (χ1n) is 3.06. The number of rotatable bonds is 1. The molecule has 1 aromatic heterocycles. The molecule has 0 radical (unpaired) electrons. The van der Waals surface area contributed by atoms with Gasteiger partial charge in [0.15, 0.2) is 10.1 Å². The van der Waals surface area contributed by atoms with E-state index in [1.807, 2.05) is 0 Å². The lowest BCUT2D eigenvalue weighted by atomic mass is 10.4. The lowest BCUT2D eigenvalue weighted by Crippen LogP contribution is -2.33. The maximum atomic E-state index is 12.8. The second kappa shape index (κ2) is 2.80. The van der Waals surface area contributed by atoms with Crippen LogP contribution in [-0.4, -0.2) is 13.0 Å². The third kappa shape index (κ3) is 1.59. The zero-order valence-electron chi connectivity index (χ0n) is 6.19. The predicted molar refractivity (Wildman–Crippen MR) is 35.8 cm³/mol. The van der Waals surface area contributed by atoms with Gasteiger partial charge in [-0.15, -0.1) is 0 Å². The highest BCUT2D eigenvalue weighted by Gasteiger charge is 2.19. The van der Waals surface area contributed by atoms with Gasteiger partial charge in [-0.1, -0.05) is 0 Å². The van der Waals surface area contributed by atoms with E-state index in [4.69, 9.17) is 0 Å². The lowest BCUT2D eigenvalue weighted by molar-refractivity contribution is -0.879. The minimum absolute atomic E-state index is 0.0620. The first kappa shape index (κ1) is 9.08. The summed E-state index contributed by atoms with van der Waals surface area (Å²) in [6.07, 6.45) is 0. The van der Waals surface area contributed by atoms with Crippen LogP contribution in [0.25, 0.3) is 0 Å². The largest absolute Gasteiger partial charge is 0.739 e.